The van der Waals surface area contributed by atoms with Crippen molar-refractivity contribution in [3.63, 3.8) is 0 Å². The van der Waals surface area contributed by atoms with Crippen molar-refractivity contribution in [3.05, 3.63) is 32.8 Å². The van der Waals surface area contributed by atoms with Gasteiger partial charge in [0, 0.05) is 18.7 Å². The first-order chi connectivity index (χ1) is 5.70. The largest absolute Gasteiger partial charge is 0.395 e. The number of rotatable bonds is 1. The zero-order chi connectivity index (χ0) is 9.40. The number of aromatic nitrogens is 2. The summed E-state index contributed by atoms with van der Waals surface area (Å²) in [6.45, 7) is 0.472. The quantitative estimate of drug-likeness (QED) is 0.393. The fraction of sp³-hybridized carbons (Fsp3) is 0.333. The first-order valence-corrected chi connectivity index (χ1v) is 3.29. The third-order valence-corrected chi connectivity index (χ3v) is 0.824. The van der Waals surface area contributed by atoms with E-state index >= 15 is 0 Å². The lowest BCUT2D eigenvalue weighted by molar-refractivity contribution is 0.306. The Balaban J connectivity index is 0.000000261. The average Bonchev–Trinajstić information content (AvgIpc) is 2.11. The summed E-state index contributed by atoms with van der Waals surface area (Å²) in [6.07, 6.45) is 0. The summed E-state index contributed by atoms with van der Waals surface area (Å²) in [4.78, 5) is 20.4. The van der Waals surface area contributed by atoms with Crippen LogP contribution in [-0.2, 0) is 0 Å². The van der Waals surface area contributed by atoms with Gasteiger partial charge in [-0.3, -0.25) is 19.8 Å². The molecule has 0 atom stereocenters. The Morgan fingerprint density at radius 1 is 1.25 bits per heavy atom. The molecule has 0 bridgehead atoms. The predicted molar refractivity (Wildman–Crippen MR) is 43.8 cm³/mol. The number of nitrogens with two attached hydrogens (primary N) is 1. The van der Waals surface area contributed by atoms with Gasteiger partial charge in [-0.15, -0.1) is 0 Å². The van der Waals surface area contributed by atoms with Crippen LogP contribution in [-0.4, -0.2) is 28.5 Å². The van der Waals surface area contributed by atoms with Crippen molar-refractivity contribution in [1.82, 2.24) is 10.2 Å². The van der Waals surface area contributed by atoms with Gasteiger partial charge < -0.3 is 10.8 Å². The summed E-state index contributed by atoms with van der Waals surface area (Å²) in [6, 6.07) is 2.33. The van der Waals surface area contributed by atoms with Crippen molar-refractivity contribution in [2.24, 2.45) is 5.73 Å². The maximum absolute atomic E-state index is 10.2. The molecular weight excluding hydrogens is 162 g/mol. The molecule has 6 heteroatoms. The maximum Gasteiger partial charge on any atom is 0.262 e. The van der Waals surface area contributed by atoms with Crippen molar-refractivity contribution in [2.75, 3.05) is 13.2 Å². The van der Waals surface area contributed by atoms with E-state index in [-0.39, 0.29) is 17.7 Å². The van der Waals surface area contributed by atoms with E-state index in [1.807, 2.05) is 0 Å². The van der Waals surface area contributed by atoms with Crippen LogP contribution in [0.25, 0.3) is 0 Å². The summed E-state index contributed by atoms with van der Waals surface area (Å²) in [5.41, 5.74) is 4.18. The Labute approximate surface area is 68.0 Å². The highest BCUT2D eigenvalue weighted by atomic mass is 16.3. The lowest BCUT2D eigenvalue weighted by Crippen LogP contribution is -2.14. The Morgan fingerprint density at radius 2 is 1.58 bits per heavy atom. The minimum absolute atomic E-state index is 0.0972. The van der Waals surface area contributed by atoms with E-state index in [1.54, 1.807) is 0 Å². The topological polar surface area (TPSA) is 112 Å². The minimum Gasteiger partial charge on any atom is -0.395 e. The zero-order valence-electron chi connectivity index (χ0n) is 6.41. The lowest BCUT2D eigenvalue weighted by atomic mass is 10.6. The first kappa shape index (κ1) is 10.6. The van der Waals surface area contributed by atoms with E-state index in [9.17, 15) is 9.59 Å². The highest BCUT2D eigenvalue weighted by Crippen LogP contribution is 1.50. The maximum atomic E-state index is 10.2. The predicted octanol–water partition coefficient (Wildman–Crippen LogP) is -2.00. The van der Waals surface area contributed by atoms with Gasteiger partial charge in [-0.1, -0.05) is 0 Å². The van der Waals surface area contributed by atoms with Crippen molar-refractivity contribution >= 4 is 0 Å². The van der Waals surface area contributed by atoms with Crippen molar-refractivity contribution in [1.29, 1.82) is 0 Å². The third kappa shape index (κ3) is 5.39. The van der Waals surface area contributed by atoms with Crippen molar-refractivity contribution < 1.29 is 5.11 Å². The van der Waals surface area contributed by atoms with Gasteiger partial charge in [0.05, 0.1) is 6.61 Å². The van der Waals surface area contributed by atoms with Crippen molar-refractivity contribution in [2.45, 2.75) is 0 Å². The number of aliphatic hydroxyl groups excluding tert-OH is 1. The molecule has 0 aliphatic carbocycles. The first-order valence-electron chi connectivity index (χ1n) is 3.29. The third-order valence-electron chi connectivity index (χ3n) is 0.824. The average molecular weight is 173 g/mol. The Morgan fingerprint density at radius 3 is 1.75 bits per heavy atom. The highest BCUT2D eigenvalue weighted by Gasteiger charge is 1.77. The van der Waals surface area contributed by atoms with Crippen LogP contribution in [0.15, 0.2) is 21.7 Å². The zero-order valence-corrected chi connectivity index (χ0v) is 6.41. The van der Waals surface area contributed by atoms with Crippen LogP contribution in [0.4, 0.5) is 0 Å². The second-order valence-electron chi connectivity index (χ2n) is 1.82. The van der Waals surface area contributed by atoms with Gasteiger partial charge in [0.25, 0.3) is 11.1 Å². The number of aliphatic hydroxyl groups is 1. The molecule has 0 saturated carbocycles. The van der Waals surface area contributed by atoms with Gasteiger partial charge in [-0.2, -0.15) is 0 Å². The molecule has 1 aromatic heterocycles. The molecule has 0 spiro atoms. The van der Waals surface area contributed by atoms with Crippen LogP contribution in [0.3, 0.4) is 0 Å². The second-order valence-corrected chi connectivity index (χ2v) is 1.82. The SMILES string of the molecule is NCCO.O=c1ccc(=O)[nH][nH]1. The summed E-state index contributed by atoms with van der Waals surface area (Å²) in [5, 5.41) is 12.0. The van der Waals surface area contributed by atoms with E-state index in [1.165, 1.54) is 12.1 Å². The van der Waals surface area contributed by atoms with Crippen LogP contribution >= 0.6 is 0 Å². The monoisotopic (exact) mass is 173 g/mol. The van der Waals surface area contributed by atoms with E-state index in [2.05, 4.69) is 10.2 Å². The molecule has 6 nitrogen and oxygen atoms in total. The summed E-state index contributed by atoms with van der Waals surface area (Å²) >= 11 is 0. The molecule has 1 heterocycles. The smallest absolute Gasteiger partial charge is 0.262 e. The molecule has 1 rings (SSSR count). The molecule has 0 aliphatic heterocycles. The number of hydrogen-bond acceptors (Lipinski definition) is 4. The van der Waals surface area contributed by atoms with E-state index in [0.717, 1.165) is 0 Å². The molecular formula is C6H11N3O3. The summed E-state index contributed by atoms with van der Waals surface area (Å²) in [5.74, 6) is 0. The van der Waals surface area contributed by atoms with Crippen LogP contribution < -0.4 is 16.9 Å². The Hall–Kier alpha value is -1.40. The standard InChI is InChI=1S/C4H4N2O2.C2H7NO/c7-3-1-2-4(8)6-5-3;3-1-2-4/h1-2H,(H,5,7)(H,6,8);4H,1-3H2. The minimum atomic E-state index is -0.301. The van der Waals surface area contributed by atoms with Crippen LogP contribution in [0, 0.1) is 0 Å². The Bertz CT molecular complexity index is 249. The van der Waals surface area contributed by atoms with Crippen molar-refractivity contribution in [3.8, 4) is 0 Å². The normalized spacial score (nSPS) is 8.50. The van der Waals surface area contributed by atoms with Gasteiger partial charge in [0.15, 0.2) is 0 Å². The van der Waals surface area contributed by atoms with Gasteiger partial charge in [-0.05, 0) is 0 Å². The molecule has 0 fully saturated rings. The molecule has 0 amide bonds. The number of H-pyrrole nitrogens is 2. The highest BCUT2D eigenvalue weighted by molar-refractivity contribution is 4.82. The fourth-order valence-electron chi connectivity index (χ4n) is 0.358. The molecule has 1 aromatic rings. The molecule has 0 saturated heterocycles. The molecule has 0 aliphatic rings. The van der Waals surface area contributed by atoms with Crippen LogP contribution in [0.1, 0.15) is 0 Å². The van der Waals surface area contributed by atoms with Gasteiger partial charge in [-0.25, -0.2) is 0 Å². The number of aromatic amines is 2. The molecule has 5 N–H and O–H groups in total. The van der Waals surface area contributed by atoms with Gasteiger partial charge in [0.2, 0.25) is 0 Å². The fourth-order valence-corrected chi connectivity index (χ4v) is 0.358. The number of nitrogens with one attached hydrogen (secondary N) is 2. The van der Waals surface area contributed by atoms with E-state index in [0.29, 0.717) is 6.54 Å². The Kier molecular flexibility index (Phi) is 5.58. The summed E-state index contributed by atoms with van der Waals surface area (Å²) in [7, 11) is 0. The number of hydrogen-bond donors (Lipinski definition) is 4. The van der Waals surface area contributed by atoms with Crippen LogP contribution in [0.5, 0.6) is 0 Å². The molecule has 12 heavy (non-hydrogen) atoms. The van der Waals surface area contributed by atoms with E-state index in [4.69, 9.17) is 10.8 Å². The van der Waals surface area contributed by atoms with Gasteiger partial charge >= 0.3 is 0 Å². The van der Waals surface area contributed by atoms with E-state index < -0.39 is 0 Å². The molecule has 0 radical (unpaired) electrons. The molecule has 0 unspecified atom stereocenters. The van der Waals surface area contributed by atoms with Crippen LogP contribution in [0.2, 0.25) is 0 Å². The second kappa shape index (κ2) is 6.32. The summed E-state index contributed by atoms with van der Waals surface area (Å²) < 4.78 is 0. The molecule has 68 valence electrons. The lowest BCUT2D eigenvalue weighted by Gasteiger charge is -1.76. The molecule has 0 aromatic carbocycles. The van der Waals surface area contributed by atoms with Gasteiger partial charge in [0.1, 0.15) is 0 Å².